The summed E-state index contributed by atoms with van der Waals surface area (Å²) in [4.78, 5) is 8.44. The number of nitrogens with zero attached hydrogens (tertiary/aromatic N) is 2. The van der Waals surface area contributed by atoms with Gasteiger partial charge in [0.2, 0.25) is 0 Å². The van der Waals surface area contributed by atoms with Crippen LogP contribution in [-0.2, 0) is 12.8 Å². The Labute approximate surface area is 149 Å². The number of hydrogen-bond acceptors (Lipinski definition) is 2. The number of pyridine rings is 1. The number of nitrogens with two attached hydrogens (primary N) is 1. The second-order valence-corrected chi connectivity index (χ2v) is 4.98. The third-order valence-electron chi connectivity index (χ3n) is 3.36. The standard InChI is InChI=1S/C17H22N4.HI/c1-14-13-19-10-8-16(14)9-12-21-17(18)20-11-7-15-5-3-2-4-6-15;/h2-6,8,10,13H,7,9,11-12H2,1H3,(H3,18,20,21);1H. The van der Waals surface area contributed by atoms with Crippen LogP contribution in [-0.4, -0.2) is 24.0 Å². The summed E-state index contributed by atoms with van der Waals surface area (Å²) >= 11 is 0. The topological polar surface area (TPSA) is 63.3 Å². The van der Waals surface area contributed by atoms with Crippen molar-refractivity contribution in [1.82, 2.24) is 10.3 Å². The highest BCUT2D eigenvalue weighted by atomic mass is 127. The summed E-state index contributed by atoms with van der Waals surface area (Å²) in [7, 11) is 0. The number of hydrogen-bond donors (Lipinski definition) is 2. The lowest BCUT2D eigenvalue weighted by Gasteiger charge is -2.06. The van der Waals surface area contributed by atoms with Crippen molar-refractivity contribution in [3.63, 3.8) is 0 Å². The zero-order chi connectivity index (χ0) is 14.9. The lowest BCUT2D eigenvalue weighted by atomic mass is 10.1. The van der Waals surface area contributed by atoms with Crippen LogP contribution in [0.1, 0.15) is 16.7 Å². The number of aryl methyl sites for hydroxylation is 1. The second kappa shape index (κ2) is 10.2. The van der Waals surface area contributed by atoms with Gasteiger partial charge in [-0.1, -0.05) is 30.3 Å². The van der Waals surface area contributed by atoms with E-state index in [1.165, 1.54) is 16.7 Å². The summed E-state index contributed by atoms with van der Waals surface area (Å²) in [6, 6.07) is 12.4. The fraction of sp³-hybridized carbons (Fsp3) is 0.294. The van der Waals surface area contributed by atoms with Gasteiger partial charge >= 0.3 is 0 Å². The van der Waals surface area contributed by atoms with E-state index >= 15 is 0 Å². The van der Waals surface area contributed by atoms with Crippen molar-refractivity contribution < 1.29 is 0 Å². The molecule has 0 aliphatic carbocycles. The molecular weight excluding hydrogens is 387 g/mol. The zero-order valence-electron chi connectivity index (χ0n) is 12.8. The van der Waals surface area contributed by atoms with Crippen LogP contribution in [0.15, 0.2) is 53.8 Å². The van der Waals surface area contributed by atoms with E-state index in [0.29, 0.717) is 12.5 Å². The Morgan fingerprint density at radius 2 is 1.95 bits per heavy atom. The van der Waals surface area contributed by atoms with Gasteiger partial charge in [-0.3, -0.25) is 9.98 Å². The van der Waals surface area contributed by atoms with E-state index in [2.05, 4.69) is 34.3 Å². The van der Waals surface area contributed by atoms with Crippen LogP contribution in [0.2, 0.25) is 0 Å². The molecule has 22 heavy (non-hydrogen) atoms. The van der Waals surface area contributed by atoms with E-state index in [1.807, 2.05) is 36.7 Å². The Morgan fingerprint density at radius 3 is 2.68 bits per heavy atom. The van der Waals surface area contributed by atoms with Crippen molar-refractivity contribution in [3.8, 4) is 0 Å². The minimum Gasteiger partial charge on any atom is -0.370 e. The first kappa shape index (κ1) is 18.4. The number of benzene rings is 1. The number of nitrogens with one attached hydrogen (secondary N) is 1. The van der Waals surface area contributed by atoms with Crippen molar-refractivity contribution in [1.29, 1.82) is 0 Å². The van der Waals surface area contributed by atoms with Gasteiger partial charge in [0.25, 0.3) is 0 Å². The van der Waals surface area contributed by atoms with Crippen LogP contribution in [0.5, 0.6) is 0 Å². The van der Waals surface area contributed by atoms with Gasteiger partial charge in [-0.2, -0.15) is 0 Å². The fourth-order valence-corrected chi connectivity index (χ4v) is 2.11. The smallest absolute Gasteiger partial charge is 0.188 e. The van der Waals surface area contributed by atoms with Gasteiger partial charge in [0, 0.05) is 25.5 Å². The lowest BCUT2D eigenvalue weighted by Crippen LogP contribution is -2.33. The predicted octanol–water partition coefficient (Wildman–Crippen LogP) is 2.70. The number of aromatic nitrogens is 1. The summed E-state index contributed by atoms with van der Waals surface area (Å²) < 4.78 is 0. The summed E-state index contributed by atoms with van der Waals surface area (Å²) in [5.41, 5.74) is 9.63. The SMILES string of the molecule is Cc1cnccc1CCN=C(N)NCCc1ccccc1.I. The number of aliphatic imine (C=N–C) groups is 1. The second-order valence-electron chi connectivity index (χ2n) is 4.98. The Hall–Kier alpha value is -1.63. The van der Waals surface area contributed by atoms with Gasteiger partial charge < -0.3 is 11.1 Å². The highest BCUT2D eigenvalue weighted by molar-refractivity contribution is 14.0. The molecule has 0 amide bonds. The summed E-state index contributed by atoms with van der Waals surface area (Å²) in [5, 5.41) is 3.15. The molecule has 118 valence electrons. The maximum atomic E-state index is 5.87. The third kappa shape index (κ3) is 6.43. The average molecular weight is 410 g/mol. The van der Waals surface area contributed by atoms with Crippen LogP contribution < -0.4 is 11.1 Å². The number of halogens is 1. The van der Waals surface area contributed by atoms with Crippen LogP contribution in [0.4, 0.5) is 0 Å². The van der Waals surface area contributed by atoms with Crippen LogP contribution >= 0.6 is 24.0 Å². The van der Waals surface area contributed by atoms with Gasteiger partial charge in [-0.05, 0) is 42.5 Å². The molecule has 0 bridgehead atoms. The van der Waals surface area contributed by atoms with Crippen molar-refractivity contribution in [2.75, 3.05) is 13.1 Å². The van der Waals surface area contributed by atoms with Crippen molar-refractivity contribution in [2.45, 2.75) is 19.8 Å². The molecule has 0 spiro atoms. The molecule has 3 N–H and O–H groups in total. The molecule has 1 aromatic carbocycles. The Balaban J connectivity index is 0.00000242. The van der Waals surface area contributed by atoms with E-state index in [0.717, 1.165) is 19.4 Å². The van der Waals surface area contributed by atoms with Crippen molar-refractivity contribution >= 4 is 29.9 Å². The van der Waals surface area contributed by atoms with Gasteiger partial charge in [-0.25, -0.2) is 0 Å². The summed E-state index contributed by atoms with van der Waals surface area (Å²) in [6.45, 7) is 3.55. The Bertz CT molecular complexity index is 584. The summed E-state index contributed by atoms with van der Waals surface area (Å²) in [5.74, 6) is 0.512. The molecule has 0 aliphatic heterocycles. The molecule has 2 rings (SSSR count). The number of guanidine groups is 1. The zero-order valence-corrected chi connectivity index (χ0v) is 15.2. The van der Waals surface area contributed by atoms with E-state index in [1.54, 1.807) is 0 Å². The van der Waals surface area contributed by atoms with Crippen LogP contribution in [0.3, 0.4) is 0 Å². The molecule has 0 saturated heterocycles. The Morgan fingerprint density at radius 1 is 1.18 bits per heavy atom. The normalized spacial score (nSPS) is 10.9. The average Bonchev–Trinajstić information content (AvgIpc) is 2.50. The van der Waals surface area contributed by atoms with Crippen LogP contribution in [0.25, 0.3) is 0 Å². The van der Waals surface area contributed by atoms with E-state index in [4.69, 9.17) is 5.73 Å². The summed E-state index contributed by atoms with van der Waals surface area (Å²) in [6.07, 6.45) is 5.52. The molecule has 0 unspecified atom stereocenters. The van der Waals surface area contributed by atoms with E-state index in [9.17, 15) is 0 Å². The lowest BCUT2D eigenvalue weighted by molar-refractivity contribution is 0.843. The molecule has 0 saturated carbocycles. The molecule has 2 aromatic rings. The largest absolute Gasteiger partial charge is 0.370 e. The quantitative estimate of drug-likeness (QED) is 0.437. The molecular formula is C17H23IN4. The molecule has 4 nitrogen and oxygen atoms in total. The Kier molecular flexibility index (Phi) is 8.50. The molecule has 0 aliphatic rings. The van der Waals surface area contributed by atoms with Gasteiger partial charge in [0.15, 0.2) is 5.96 Å². The van der Waals surface area contributed by atoms with E-state index < -0.39 is 0 Å². The fourth-order valence-electron chi connectivity index (χ4n) is 2.11. The first-order valence-corrected chi connectivity index (χ1v) is 7.23. The maximum absolute atomic E-state index is 5.87. The highest BCUT2D eigenvalue weighted by Crippen LogP contribution is 2.05. The minimum absolute atomic E-state index is 0. The van der Waals surface area contributed by atoms with Crippen molar-refractivity contribution in [3.05, 3.63) is 65.5 Å². The molecule has 1 aromatic heterocycles. The molecule has 1 heterocycles. The monoisotopic (exact) mass is 410 g/mol. The molecule has 0 fully saturated rings. The molecule has 5 heteroatoms. The minimum atomic E-state index is 0. The highest BCUT2D eigenvalue weighted by Gasteiger charge is 1.97. The molecule has 0 radical (unpaired) electrons. The maximum Gasteiger partial charge on any atom is 0.188 e. The van der Waals surface area contributed by atoms with Crippen molar-refractivity contribution in [2.24, 2.45) is 10.7 Å². The van der Waals surface area contributed by atoms with E-state index in [-0.39, 0.29) is 24.0 Å². The first-order valence-electron chi connectivity index (χ1n) is 7.23. The predicted molar refractivity (Wildman–Crippen MR) is 103 cm³/mol. The number of rotatable bonds is 6. The first-order chi connectivity index (χ1) is 10.3. The van der Waals surface area contributed by atoms with Gasteiger partial charge in [0.1, 0.15) is 0 Å². The third-order valence-corrected chi connectivity index (χ3v) is 3.36. The van der Waals surface area contributed by atoms with Gasteiger partial charge in [0.05, 0.1) is 0 Å². The van der Waals surface area contributed by atoms with Crippen LogP contribution in [0, 0.1) is 6.92 Å². The molecule has 0 atom stereocenters. The van der Waals surface area contributed by atoms with Gasteiger partial charge in [-0.15, -0.1) is 24.0 Å².